The van der Waals surface area contributed by atoms with Gasteiger partial charge in [-0.05, 0) is 74.3 Å². The van der Waals surface area contributed by atoms with E-state index in [0.717, 1.165) is 59.8 Å². The van der Waals surface area contributed by atoms with Crippen molar-refractivity contribution in [3.63, 3.8) is 0 Å². The molecule has 2 aromatic carbocycles. The molecule has 1 amide bonds. The highest BCUT2D eigenvalue weighted by Gasteiger charge is 2.67. The molecule has 6 rings (SSSR count). The molecular formula is C26H28F3N3O. The topological polar surface area (TPSA) is 46.9 Å². The van der Waals surface area contributed by atoms with Gasteiger partial charge >= 0.3 is 6.18 Å². The third kappa shape index (κ3) is 3.62. The van der Waals surface area contributed by atoms with Crippen LogP contribution in [0.2, 0.25) is 0 Å². The molecule has 0 radical (unpaired) electrons. The van der Waals surface area contributed by atoms with Gasteiger partial charge in [-0.15, -0.1) is 0 Å². The van der Waals surface area contributed by atoms with Crippen LogP contribution in [0.25, 0.3) is 10.9 Å². The van der Waals surface area contributed by atoms with E-state index < -0.39 is 11.7 Å². The first-order valence-corrected chi connectivity index (χ1v) is 11.5. The Balaban J connectivity index is 1.49. The Morgan fingerprint density at radius 1 is 1.12 bits per heavy atom. The molecule has 0 atom stereocenters. The monoisotopic (exact) mass is 455 g/mol. The number of carbonyl (C=O) groups is 1. The fraction of sp³-hybridized carbons (Fsp3) is 0.462. The smallest absolute Gasteiger partial charge is 0.345 e. The molecule has 174 valence electrons. The van der Waals surface area contributed by atoms with Crippen LogP contribution >= 0.6 is 0 Å². The maximum Gasteiger partial charge on any atom is 0.416 e. The average molecular weight is 456 g/mol. The average Bonchev–Trinajstić information content (AvgIpc) is 3.10. The van der Waals surface area contributed by atoms with Gasteiger partial charge in [-0.3, -0.25) is 9.48 Å². The molecule has 4 nitrogen and oxygen atoms in total. The summed E-state index contributed by atoms with van der Waals surface area (Å²) in [6.45, 7) is 6.24. The molecule has 1 N–H and O–H groups in total. The molecule has 3 saturated carbocycles. The molecule has 33 heavy (non-hydrogen) atoms. The first-order chi connectivity index (χ1) is 15.5. The van der Waals surface area contributed by atoms with Gasteiger partial charge in [-0.1, -0.05) is 37.6 Å². The summed E-state index contributed by atoms with van der Waals surface area (Å²) in [5.74, 6) is -0.163. The molecule has 2 bridgehead atoms. The van der Waals surface area contributed by atoms with E-state index in [-0.39, 0.29) is 17.5 Å². The molecule has 0 aliphatic heterocycles. The Morgan fingerprint density at radius 3 is 2.36 bits per heavy atom. The summed E-state index contributed by atoms with van der Waals surface area (Å²) in [4.78, 5) is 13.4. The minimum Gasteiger partial charge on any atom is -0.345 e. The Kier molecular flexibility index (Phi) is 4.89. The van der Waals surface area contributed by atoms with Crippen LogP contribution in [0.4, 0.5) is 13.2 Å². The number of halogens is 3. The number of nitrogens with one attached hydrogen (secondary N) is 1. The van der Waals surface area contributed by atoms with Crippen LogP contribution in [-0.4, -0.2) is 21.2 Å². The molecule has 1 heterocycles. The normalized spacial score (nSPS) is 24.0. The van der Waals surface area contributed by atoms with E-state index in [2.05, 4.69) is 12.2 Å². The van der Waals surface area contributed by atoms with Crippen molar-refractivity contribution in [2.45, 2.75) is 70.6 Å². The number of rotatable bonds is 6. The van der Waals surface area contributed by atoms with Crippen molar-refractivity contribution in [1.82, 2.24) is 15.1 Å². The predicted octanol–water partition coefficient (Wildman–Crippen LogP) is 6.29. The largest absolute Gasteiger partial charge is 0.416 e. The van der Waals surface area contributed by atoms with Crippen molar-refractivity contribution < 1.29 is 18.0 Å². The van der Waals surface area contributed by atoms with Crippen molar-refractivity contribution in [1.29, 1.82) is 0 Å². The van der Waals surface area contributed by atoms with E-state index in [1.807, 2.05) is 36.7 Å². The van der Waals surface area contributed by atoms with Gasteiger partial charge in [-0.2, -0.15) is 18.3 Å². The number of nitrogens with zero attached hydrogens (tertiary/aromatic N) is 2. The van der Waals surface area contributed by atoms with Crippen LogP contribution < -0.4 is 5.32 Å². The van der Waals surface area contributed by atoms with Crippen molar-refractivity contribution in [2.75, 3.05) is 0 Å². The quantitative estimate of drug-likeness (QED) is 0.475. The van der Waals surface area contributed by atoms with E-state index in [4.69, 9.17) is 5.10 Å². The van der Waals surface area contributed by atoms with Crippen LogP contribution in [0.1, 0.15) is 79.7 Å². The number of alkyl halides is 3. The minimum absolute atomic E-state index is 0.0636. The van der Waals surface area contributed by atoms with Crippen molar-refractivity contribution in [3.8, 4) is 0 Å². The van der Waals surface area contributed by atoms with Gasteiger partial charge < -0.3 is 5.32 Å². The van der Waals surface area contributed by atoms with Crippen molar-refractivity contribution in [2.24, 2.45) is 5.41 Å². The third-order valence-corrected chi connectivity index (χ3v) is 7.47. The summed E-state index contributed by atoms with van der Waals surface area (Å²) in [5, 5.41) is 8.72. The van der Waals surface area contributed by atoms with Gasteiger partial charge in [-0.25, -0.2) is 0 Å². The fourth-order valence-corrected chi connectivity index (χ4v) is 5.80. The molecule has 3 aromatic rings. The molecule has 7 heteroatoms. The van der Waals surface area contributed by atoms with Crippen molar-refractivity contribution >= 4 is 16.8 Å². The van der Waals surface area contributed by atoms with Crippen LogP contribution in [-0.2, 0) is 12.6 Å². The minimum atomic E-state index is -4.36. The molecule has 3 fully saturated rings. The van der Waals surface area contributed by atoms with E-state index >= 15 is 0 Å². The second-order valence-electron chi connectivity index (χ2n) is 10.2. The molecule has 3 aliphatic rings. The van der Waals surface area contributed by atoms with Gasteiger partial charge in [0.2, 0.25) is 0 Å². The van der Waals surface area contributed by atoms with Crippen LogP contribution in [0.3, 0.4) is 0 Å². The van der Waals surface area contributed by atoms with Crippen LogP contribution in [0, 0.1) is 5.41 Å². The van der Waals surface area contributed by atoms with Gasteiger partial charge in [0.1, 0.15) is 0 Å². The molecule has 0 unspecified atom stereocenters. The summed E-state index contributed by atoms with van der Waals surface area (Å²) in [6, 6.07) is 11.1. The number of benzene rings is 2. The Hall–Kier alpha value is -2.83. The Labute approximate surface area is 191 Å². The highest BCUT2D eigenvalue weighted by molar-refractivity contribution is 6.06. The molecular weight excluding hydrogens is 427 g/mol. The van der Waals surface area contributed by atoms with E-state index in [1.165, 1.54) is 12.1 Å². The first-order valence-electron chi connectivity index (χ1n) is 11.5. The van der Waals surface area contributed by atoms with Gasteiger partial charge in [0.05, 0.1) is 11.1 Å². The van der Waals surface area contributed by atoms with E-state index in [9.17, 15) is 18.0 Å². The zero-order valence-electron chi connectivity index (χ0n) is 19.1. The maximum atomic E-state index is 13.4. The van der Waals surface area contributed by atoms with Crippen molar-refractivity contribution in [3.05, 3.63) is 64.8 Å². The zero-order chi connectivity index (χ0) is 23.6. The molecule has 0 spiro atoms. The molecule has 3 aliphatic carbocycles. The van der Waals surface area contributed by atoms with Gasteiger partial charge in [0.15, 0.2) is 5.69 Å². The summed E-state index contributed by atoms with van der Waals surface area (Å²) < 4.78 is 40.7. The Morgan fingerprint density at radius 2 is 1.79 bits per heavy atom. The second-order valence-corrected chi connectivity index (χ2v) is 10.2. The Bertz CT molecular complexity index is 1200. The van der Waals surface area contributed by atoms with Gasteiger partial charge in [0.25, 0.3) is 5.91 Å². The number of fused-ring (bicyclic) bond motifs is 1. The number of hydrogen-bond donors (Lipinski definition) is 1. The fourth-order valence-electron chi connectivity index (χ4n) is 5.80. The van der Waals surface area contributed by atoms with Gasteiger partial charge in [0, 0.05) is 17.0 Å². The molecule has 0 saturated heterocycles. The lowest BCUT2D eigenvalue weighted by atomic mass is 9.38. The van der Waals surface area contributed by atoms with E-state index in [1.54, 1.807) is 0 Å². The predicted molar refractivity (Wildman–Crippen MR) is 121 cm³/mol. The number of carbonyl (C=O) groups excluding carboxylic acids is 1. The standard InChI is InChI=1S/C26H28F3N3O/c1-4-24-13-25(14-24,15-24)30-23(33)22-21-18(6-5-7-20(21)32(31-22)16(2)3)12-17-8-10-19(11-9-17)26(27,28)29/h5-11,16H,4,12-15H2,1-3H3,(H,30,33). The number of hydrogen-bond acceptors (Lipinski definition) is 2. The maximum absolute atomic E-state index is 13.4. The second kappa shape index (κ2) is 7.34. The zero-order valence-corrected chi connectivity index (χ0v) is 19.1. The summed E-state index contributed by atoms with van der Waals surface area (Å²) in [5.41, 5.74) is 2.55. The number of amides is 1. The summed E-state index contributed by atoms with van der Waals surface area (Å²) in [6.07, 6.45) is 0.299. The van der Waals surface area contributed by atoms with Crippen LogP contribution in [0.15, 0.2) is 42.5 Å². The lowest BCUT2D eigenvalue weighted by Crippen LogP contribution is -2.74. The third-order valence-electron chi connectivity index (χ3n) is 7.47. The first kappa shape index (κ1) is 22.0. The van der Waals surface area contributed by atoms with E-state index in [0.29, 0.717) is 17.5 Å². The molecule has 1 aromatic heterocycles. The van der Waals surface area contributed by atoms with Crippen LogP contribution in [0.5, 0.6) is 0 Å². The summed E-state index contributed by atoms with van der Waals surface area (Å²) in [7, 11) is 0. The number of aromatic nitrogens is 2. The summed E-state index contributed by atoms with van der Waals surface area (Å²) >= 11 is 0. The highest BCUT2D eigenvalue weighted by atomic mass is 19.4. The lowest BCUT2D eigenvalue weighted by Gasteiger charge is -2.70. The SMILES string of the molecule is CCC12CC(NC(=O)c3nn(C(C)C)c4cccc(Cc5ccc(C(F)(F)F)cc5)c34)(C1)C2. The highest BCUT2D eigenvalue weighted by Crippen LogP contribution is 2.68. The lowest BCUT2D eigenvalue weighted by molar-refractivity contribution is -0.149.